The zero-order chi connectivity index (χ0) is 17.9. The predicted octanol–water partition coefficient (Wildman–Crippen LogP) is 3.38. The summed E-state index contributed by atoms with van der Waals surface area (Å²) in [6.07, 6.45) is 0. The van der Waals surface area contributed by atoms with Gasteiger partial charge in [-0.25, -0.2) is 12.7 Å². The SMILES string of the molecule is CN(C)c1ccc(S(=O)(=O)N(C)C)cc1NCc1cccc(Br)c1. The van der Waals surface area contributed by atoms with Crippen LogP contribution in [0.3, 0.4) is 0 Å². The highest BCUT2D eigenvalue weighted by Crippen LogP contribution is 2.29. The third-order valence-corrected chi connectivity index (χ3v) is 5.90. The number of nitrogens with zero attached hydrogens (tertiary/aromatic N) is 2. The van der Waals surface area contributed by atoms with Gasteiger partial charge in [0.25, 0.3) is 0 Å². The molecular formula is C17H22BrN3O2S. The molecule has 0 aromatic heterocycles. The van der Waals surface area contributed by atoms with Crippen LogP contribution in [0.2, 0.25) is 0 Å². The summed E-state index contributed by atoms with van der Waals surface area (Å²) in [5.74, 6) is 0. The van der Waals surface area contributed by atoms with Gasteiger partial charge >= 0.3 is 0 Å². The lowest BCUT2D eigenvalue weighted by Gasteiger charge is -2.20. The third-order valence-electron chi connectivity index (χ3n) is 3.60. The predicted molar refractivity (Wildman–Crippen MR) is 103 cm³/mol. The second-order valence-electron chi connectivity index (χ2n) is 5.84. The number of halogens is 1. The number of hydrogen-bond donors (Lipinski definition) is 1. The van der Waals surface area contributed by atoms with Crippen molar-refractivity contribution in [2.24, 2.45) is 0 Å². The lowest BCUT2D eigenvalue weighted by molar-refractivity contribution is 0.521. The van der Waals surface area contributed by atoms with Crippen molar-refractivity contribution in [2.75, 3.05) is 38.4 Å². The van der Waals surface area contributed by atoms with Crippen molar-refractivity contribution >= 4 is 37.3 Å². The number of anilines is 2. The zero-order valence-electron chi connectivity index (χ0n) is 14.2. The first-order chi connectivity index (χ1) is 11.2. The Labute approximate surface area is 152 Å². The summed E-state index contributed by atoms with van der Waals surface area (Å²) in [6.45, 7) is 0.603. The van der Waals surface area contributed by atoms with Gasteiger partial charge in [0.05, 0.1) is 16.3 Å². The molecule has 2 rings (SSSR count). The van der Waals surface area contributed by atoms with Crippen LogP contribution >= 0.6 is 15.9 Å². The highest BCUT2D eigenvalue weighted by atomic mass is 79.9. The molecule has 0 aliphatic heterocycles. The van der Waals surface area contributed by atoms with Crippen molar-refractivity contribution in [2.45, 2.75) is 11.4 Å². The fourth-order valence-electron chi connectivity index (χ4n) is 2.26. The zero-order valence-corrected chi connectivity index (χ0v) is 16.6. The Morgan fingerprint density at radius 3 is 2.33 bits per heavy atom. The van der Waals surface area contributed by atoms with E-state index in [0.717, 1.165) is 21.4 Å². The molecule has 0 aliphatic carbocycles. The minimum atomic E-state index is -3.46. The molecule has 2 aromatic carbocycles. The molecule has 5 nitrogen and oxygen atoms in total. The van der Waals surface area contributed by atoms with Crippen molar-refractivity contribution in [3.8, 4) is 0 Å². The van der Waals surface area contributed by atoms with Crippen LogP contribution in [0.4, 0.5) is 11.4 Å². The Morgan fingerprint density at radius 1 is 1.04 bits per heavy atom. The Hall–Kier alpha value is -1.57. The molecule has 0 amide bonds. The van der Waals surface area contributed by atoms with Crippen molar-refractivity contribution in [3.05, 3.63) is 52.5 Å². The summed E-state index contributed by atoms with van der Waals surface area (Å²) in [7, 11) is 3.46. The van der Waals surface area contributed by atoms with E-state index in [4.69, 9.17) is 0 Å². The van der Waals surface area contributed by atoms with Crippen LogP contribution in [0.1, 0.15) is 5.56 Å². The van der Waals surface area contributed by atoms with Crippen LogP contribution in [0.25, 0.3) is 0 Å². The van der Waals surface area contributed by atoms with E-state index in [9.17, 15) is 8.42 Å². The van der Waals surface area contributed by atoms with E-state index in [1.807, 2.05) is 49.3 Å². The van der Waals surface area contributed by atoms with E-state index in [-0.39, 0.29) is 4.90 Å². The van der Waals surface area contributed by atoms with E-state index in [2.05, 4.69) is 21.2 Å². The number of nitrogens with one attached hydrogen (secondary N) is 1. The molecule has 0 heterocycles. The molecule has 7 heteroatoms. The number of rotatable bonds is 6. The van der Waals surface area contributed by atoms with Gasteiger partial charge in [-0.15, -0.1) is 0 Å². The first kappa shape index (κ1) is 18.8. The van der Waals surface area contributed by atoms with Crippen molar-refractivity contribution < 1.29 is 8.42 Å². The third kappa shape index (κ3) is 4.28. The Balaban J connectivity index is 2.35. The molecule has 0 radical (unpaired) electrons. The van der Waals surface area contributed by atoms with Gasteiger partial charge < -0.3 is 10.2 Å². The van der Waals surface area contributed by atoms with Crippen molar-refractivity contribution in [1.82, 2.24) is 4.31 Å². The van der Waals surface area contributed by atoms with E-state index in [1.54, 1.807) is 12.1 Å². The Morgan fingerprint density at radius 2 is 1.75 bits per heavy atom. The monoisotopic (exact) mass is 411 g/mol. The standard InChI is InChI=1S/C17H22BrN3O2S/c1-20(2)17-9-8-15(24(22,23)21(3)4)11-16(17)19-12-13-6-5-7-14(18)10-13/h5-11,19H,12H2,1-4H3. The van der Waals surface area contributed by atoms with E-state index >= 15 is 0 Å². The molecule has 0 bridgehead atoms. The molecule has 1 N–H and O–H groups in total. The molecular weight excluding hydrogens is 390 g/mol. The number of hydrogen-bond acceptors (Lipinski definition) is 4. The topological polar surface area (TPSA) is 52.7 Å². The quantitative estimate of drug-likeness (QED) is 0.791. The molecule has 0 unspecified atom stereocenters. The van der Waals surface area contributed by atoms with Gasteiger partial charge in [0.2, 0.25) is 10.0 Å². The molecule has 0 spiro atoms. The Kier molecular flexibility index (Phi) is 5.90. The van der Waals surface area contributed by atoms with Crippen LogP contribution < -0.4 is 10.2 Å². The summed E-state index contributed by atoms with van der Waals surface area (Å²) in [5, 5.41) is 3.34. The van der Waals surface area contributed by atoms with Crippen LogP contribution in [0.15, 0.2) is 51.8 Å². The van der Waals surface area contributed by atoms with Gasteiger partial charge in [-0.3, -0.25) is 0 Å². The van der Waals surface area contributed by atoms with E-state index < -0.39 is 10.0 Å². The van der Waals surface area contributed by atoms with Gasteiger partial charge in [0.1, 0.15) is 0 Å². The second kappa shape index (κ2) is 7.55. The molecule has 0 saturated carbocycles. The average molecular weight is 412 g/mol. The molecule has 0 fully saturated rings. The van der Waals surface area contributed by atoms with Crippen LogP contribution in [-0.4, -0.2) is 40.9 Å². The molecule has 24 heavy (non-hydrogen) atoms. The largest absolute Gasteiger partial charge is 0.379 e. The first-order valence-corrected chi connectivity index (χ1v) is 9.67. The Bertz CT molecular complexity index is 820. The maximum atomic E-state index is 12.4. The van der Waals surface area contributed by atoms with Crippen LogP contribution in [0, 0.1) is 0 Å². The van der Waals surface area contributed by atoms with Crippen molar-refractivity contribution in [1.29, 1.82) is 0 Å². The van der Waals surface area contributed by atoms with E-state index in [1.165, 1.54) is 18.4 Å². The van der Waals surface area contributed by atoms with E-state index in [0.29, 0.717) is 6.54 Å². The second-order valence-corrected chi connectivity index (χ2v) is 8.91. The van der Waals surface area contributed by atoms with Gasteiger partial charge in [0, 0.05) is 39.2 Å². The normalized spacial score (nSPS) is 11.6. The average Bonchev–Trinajstić information content (AvgIpc) is 2.52. The summed E-state index contributed by atoms with van der Waals surface area (Å²) in [4.78, 5) is 2.23. The highest BCUT2D eigenvalue weighted by molar-refractivity contribution is 9.10. The molecule has 0 atom stereocenters. The molecule has 130 valence electrons. The summed E-state index contributed by atoms with van der Waals surface area (Å²) in [6, 6.07) is 13.1. The van der Waals surface area contributed by atoms with Gasteiger partial charge in [-0.2, -0.15) is 0 Å². The van der Waals surface area contributed by atoms with Gasteiger partial charge in [-0.05, 0) is 35.9 Å². The maximum Gasteiger partial charge on any atom is 0.242 e. The summed E-state index contributed by atoms with van der Waals surface area (Å²) in [5.41, 5.74) is 2.82. The van der Waals surface area contributed by atoms with Crippen LogP contribution in [-0.2, 0) is 16.6 Å². The number of benzene rings is 2. The molecule has 0 saturated heterocycles. The van der Waals surface area contributed by atoms with Gasteiger partial charge in [-0.1, -0.05) is 28.1 Å². The molecule has 0 aliphatic rings. The summed E-state index contributed by atoms with van der Waals surface area (Å²) >= 11 is 3.46. The number of sulfonamides is 1. The summed E-state index contributed by atoms with van der Waals surface area (Å²) < 4.78 is 27.0. The molecule has 2 aromatic rings. The maximum absolute atomic E-state index is 12.4. The highest BCUT2D eigenvalue weighted by Gasteiger charge is 2.19. The minimum Gasteiger partial charge on any atom is -0.379 e. The van der Waals surface area contributed by atoms with Crippen molar-refractivity contribution in [3.63, 3.8) is 0 Å². The fourth-order valence-corrected chi connectivity index (χ4v) is 3.64. The smallest absolute Gasteiger partial charge is 0.242 e. The lowest BCUT2D eigenvalue weighted by atomic mass is 10.2. The van der Waals surface area contributed by atoms with Gasteiger partial charge in [0.15, 0.2) is 0 Å². The first-order valence-electron chi connectivity index (χ1n) is 7.44. The fraction of sp³-hybridized carbons (Fsp3) is 0.294. The van der Waals surface area contributed by atoms with Crippen LogP contribution in [0.5, 0.6) is 0 Å². The lowest BCUT2D eigenvalue weighted by Crippen LogP contribution is -2.22. The minimum absolute atomic E-state index is 0.273.